The third-order valence-electron chi connectivity index (χ3n) is 5.42. The van der Waals surface area contributed by atoms with Gasteiger partial charge in [-0.05, 0) is 52.9 Å². The molecule has 3 heterocycles. The van der Waals surface area contributed by atoms with Crippen molar-refractivity contribution in [3.63, 3.8) is 0 Å². The number of nitrogens with two attached hydrogens (primary N) is 1. The van der Waals surface area contributed by atoms with Crippen LogP contribution < -0.4 is 10.6 Å². The van der Waals surface area contributed by atoms with E-state index in [-0.39, 0.29) is 5.91 Å². The molecular weight excluding hydrogens is 344 g/mol. The summed E-state index contributed by atoms with van der Waals surface area (Å²) >= 11 is 1.74. The fraction of sp³-hybridized carbons (Fsp3) is 0.450. The van der Waals surface area contributed by atoms with Gasteiger partial charge < -0.3 is 15.5 Å². The molecule has 2 N–H and O–H groups in total. The lowest BCUT2D eigenvalue weighted by molar-refractivity contribution is -0.131. The van der Waals surface area contributed by atoms with E-state index in [2.05, 4.69) is 32.7 Å². The summed E-state index contributed by atoms with van der Waals surface area (Å²) in [6.07, 6.45) is 2.07. The number of hydrogen-bond donors (Lipinski definition) is 1. The first-order valence-electron chi connectivity index (χ1n) is 9.34. The first-order valence-corrected chi connectivity index (χ1v) is 10.3. The van der Waals surface area contributed by atoms with Gasteiger partial charge in [-0.2, -0.15) is 11.3 Å². The second-order valence-electron chi connectivity index (χ2n) is 7.16. The molecule has 2 aliphatic heterocycles. The summed E-state index contributed by atoms with van der Waals surface area (Å²) in [6, 6.07) is 8.22. The van der Waals surface area contributed by atoms with Crippen molar-refractivity contribution in [2.45, 2.75) is 19.4 Å². The minimum Gasteiger partial charge on any atom is -0.398 e. The highest BCUT2D eigenvalue weighted by atomic mass is 32.1. The van der Waals surface area contributed by atoms with Crippen LogP contribution in [-0.2, 0) is 17.8 Å². The summed E-state index contributed by atoms with van der Waals surface area (Å²) in [7, 11) is 0. The van der Waals surface area contributed by atoms with Crippen molar-refractivity contribution in [2.75, 3.05) is 49.9 Å². The van der Waals surface area contributed by atoms with E-state index in [1.54, 1.807) is 11.3 Å². The van der Waals surface area contributed by atoms with Crippen LogP contribution in [-0.4, -0.2) is 55.0 Å². The molecule has 4 rings (SSSR count). The fourth-order valence-electron chi connectivity index (χ4n) is 3.95. The maximum atomic E-state index is 12.8. The lowest BCUT2D eigenvalue weighted by Crippen LogP contribution is -2.51. The van der Waals surface area contributed by atoms with Gasteiger partial charge in [0.15, 0.2) is 0 Å². The lowest BCUT2D eigenvalue weighted by atomic mass is 10.00. The summed E-state index contributed by atoms with van der Waals surface area (Å²) < 4.78 is 0. The average Bonchev–Trinajstić information content (AvgIpc) is 3.16. The van der Waals surface area contributed by atoms with Gasteiger partial charge >= 0.3 is 0 Å². The summed E-state index contributed by atoms with van der Waals surface area (Å²) in [6.45, 7) is 5.92. The van der Waals surface area contributed by atoms with E-state index in [9.17, 15) is 4.79 Å². The third kappa shape index (κ3) is 3.71. The summed E-state index contributed by atoms with van der Waals surface area (Å²) in [4.78, 5) is 19.5. The van der Waals surface area contributed by atoms with E-state index in [0.717, 1.165) is 63.5 Å². The molecule has 2 aliphatic rings. The van der Waals surface area contributed by atoms with E-state index in [1.807, 2.05) is 17.0 Å². The van der Waals surface area contributed by atoms with Crippen LogP contribution >= 0.6 is 11.3 Å². The number of nitrogens with zero attached hydrogens (tertiary/aromatic N) is 3. The van der Waals surface area contributed by atoms with Gasteiger partial charge in [0.05, 0.1) is 6.54 Å². The molecule has 1 aromatic carbocycles. The van der Waals surface area contributed by atoms with Gasteiger partial charge in [-0.15, -0.1) is 0 Å². The number of amides is 1. The fourth-order valence-corrected chi connectivity index (χ4v) is 4.61. The zero-order chi connectivity index (χ0) is 17.9. The monoisotopic (exact) mass is 370 g/mol. The van der Waals surface area contributed by atoms with Crippen molar-refractivity contribution in [2.24, 2.45) is 0 Å². The smallest absolute Gasteiger partial charge is 0.242 e. The number of hydrogen-bond acceptors (Lipinski definition) is 5. The molecule has 26 heavy (non-hydrogen) atoms. The predicted octanol–water partition coefficient (Wildman–Crippen LogP) is 2.43. The van der Waals surface area contributed by atoms with E-state index < -0.39 is 0 Å². The first-order chi connectivity index (χ1) is 12.7. The largest absolute Gasteiger partial charge is 0.398 e. The Morgan fingerprint density at radius 1 is 1.12 bits per heavy atom. The molecule has 0 spiro atoms. The van der Waals surface area contributed by atoms with Gasteiger partial charge in [0, 0.05) is 50.6 Å². The molecular formula is C20H26N4OS. The standard InChI is InChI=1S/C20H26N4OS/c21-18-4-1-5-19-17(18)3-2-7-24(19)14-20(25)23-10-8-22(9-11-23)13-16-6-12-26-15-16/h1,4-6,12,15H,2-3,7-11,13-14,21H2. The second-order valence-corrected chi connectivity index (χ2v) is 7.94. The van der Waals surface area contributed by atoms with E-state index >= 15 is 0 Å². The number of anilines is 2. The molecule has 0 unspecified atom stereocenters. The van der Waals surface area contributed by atoms with Crippen LogP contribution in [0.3, 0.4) is 0 Å². The van der Waals surface area contributed by atoms with Crippen molar-refractivity contribution in [3.05, 3.63) is 46.2 Å². The Morgan fingerprint density at radius 2 is 1.96 bits per heavy atom. The number of nitrogen functional groups attached to an aromatic ring is 1. The molecule has 0 atom stereocenters. The number of carbonyl (C=O) groups excluding carboxylic acids is 1. The highest BCUT2D eigenvalue weighted by molar-refractivity contribution is 7.07. The van der Waals surface area contributed by atoms with Crippen LogP contribution in [0.25, 0.3) is 0 Å². The van der Waals surface area contributed by atoms with Gasteiger partial charge in [-0.25, -0.2) is 0 Å². The summed E-state index contributed by atoms with van der Waals surface area (Å²) in [5.41, 5.74) is 10.7. The topological polar surface area (TPSA) is 52.8 Å². The van der Waals surface area contributed by atoms with Crippen molar-refractivity contribution < 1.29 is 4.79 Å². The van der Waals surface area contributed by atoms with Gasteiger partial charge in [0.1, 0.15) is 0 Å². The highest BCUT2D eigenvalue weighted by Crippen LogP contribution is 2.31. The number of carbonyl (C=O) groups is 1. The molecule has 6 heteroatoms. The van der Waals surface area contributed by atoms with Crippen LogP contribution in [0.2, 0.25) is 0 Å². The Balaban J connectivity index is 1.33. The SMILES string of the molecule is Nc1cccc2c1CCCN2CC(=O)N1CCN(Cc2ccsc2)CC1. The second kappa shape index (κ2) is 7.68. The first kappa shape index (κ1) is 17.4. The van der Waals surface area contributed by atoms with Gasteiger partial charge in [-0.3, -0.25) is 9.69 Å². The zero-order valence-electron chi connectivity index (χ0n) is 15.1. The molecule has 0 aliphatic carbocycles. The number of thiophene rings is 1. The Bertz CT molecular complexity index is 753. The minimum atomic E-state index is 0.232. The number of rotatable bonds is 4. The van der Waals surface area contributed by atoms with Crippen LogP contribution in [0.15, 0.2) is 35.0 Å². The average molecular weight is 371 g/mol. The normalized spacial score (nSPS) is 18.0. The maximum absolute atomic E-state index is 12.8. The molecule has 0 saturated carbocycles. The Morgan fingerprint density at radius 3 is 2.73 bits per heavy atom. The summed E-state index contributed by atoms with van der Waals surface area (Å²) in [5.74, 6) is 0.232. The lowest BCUT2D eigenvalue weighted by Gasteiger charge is -2.37. The van der Waals surface area contributed by atoms with Crippen molar-refractivity contribution >= 4 is 28.6 Å². The Labute approximate surface area is 159 Å². The molecule has 1 saturated heterocycles. The van der Waals surface area contributed by atoms with E-state index in [0.29, 0.717) is 6.54 Å². The van der Waals surface area contributed by atoms with Crippen molar-refractivity contribution in [3.8, 4) is 0 Å². The van der Waals surface area contributed by atoms with Gasteiger partial charge in [-0.1, -0.05) is 6.07 Å². The quantitative estimate of drug-likeness (QED) is 0.840. The Kier molecular flexibility index (Phi) is 5.13. The Hall–Kier alpha value is -2.05. The predicted molar refractivity (Wildman–Crippen MR) is 108 cm³/mol. The molecule has 1 fully saturated rings. The van der Waals surface area contributed by atoms with Crippen LogP contribution in [0.5, 0.6) is 0 Å². The van der Waals surface area contributed by atoms with E-state index in [1.165, 1.54) is 11.1 Å². The molecule has 5 nitrogen and oxygen atoms in total. The zero-order valence-corrected chi connectivity index (χ0v) is 15.9. The molecule has 138 valence electrons. The minimum absolute atomic E-state index is 0.232. The molecule has 1 amide bonds. The summed E-state index contributed by atoms with van der Waals surface area (Å²) in [5, 5.41) is 4.33. The number of piperazine rings is 1. The molecule has 0 radical (unpaired) electrons. The van der Waals surface area contributed by atoms with Crippen molar-refractivity contribution in [1.82, 2.24) is 9.80 Å². The van der Waals surface area contributed by atoms with E-state index in [4.69, 9.17) is 5.73 Å². The van der Waals surface area contributed by atoms with Crippen molar-refractivity contribution in [1.29, 1.82) is 0 Å². The number of fused-ring (bicyclic) bond motifs is 1. The van der Waals surface area contributed by atoms with Gasteiger partial charge in [0.25, 0.3) is 0 Å². The van der Waals surface area contributed by atoms with Crippen LogP contribution in [0.4, 0.5) is 11.4 Å². The maximum Gasteiger partial charge on any atom is 0.242 e. The van der Waals surface area contributed by atoms with Gasteiger partial charge in [0.2, 0.25) is 5.91 Å². The highest BCUT2D eigenvalue weighted by Gasteiger charge is 2.25. The third-order valence-corrected chi connectivity index (χ3v) is 6.15. The number of benzene rings is 1. The molecule has 0 bridgehead atoms. The molecule has 1 aromatic heterocycles. The molecule has 2 aromatic rings. The van der Waals surface area contributed by atoms with Crippen LogP contribution in [0, 0.1) is 0 Å². The van der Waals surface area contributed by atoms with Crippen LogP contribution in [0.1, 0.15) is 17.5 Å².